The number of hydrogen-bond acceptors (Lipinski definition) is 6. The number of benzene rings is 1. The van der Waals surface area contributed by atoms with Crippen molar-refractivity contribution in [1.82, 2.24) is 19.4 Å². The van der Waals surface area contributed by atoms with Crippen molar-refractivity contribution in [3.8, 4) is 5.88 Å². The number of rotatable bonds is 4. The molecule has 1 aromatic carbocycles. The molecule has 2 aliphatic heterocycles. The van der Waals surface area contributed by atoms with Gasteiger partial charge in [-0.05, 0) is 44.4 Å². The summed E-state index contributed by atoms with van der Waals surface area (Å²) in [6, 6.07) is 8.28. The fourth-order valence-electron chi connectivity index (χ4n) is 5.11. The van der Waals surface area contributed by atoms with Gasteiger partial charge in [0.1, 0.15) is 11.3 Å². The van der Waals surface area contributed by atoms with Gasteiger partial charge in [0.2, 0.25) is 17.7 Å². The van der Waals surface area contributed by atoms with Crippen molar-refractivity contribution in [3.63, 3.8) is 0 Å². The number of aromatic nitrogens is 3. The molecule has 2 fully saturated rings. The summed E-state index contributed by atoms with van der Waals surface area (Å²) in [4.78, 5) is 27.9. The van der Waals surface area contributed by atoms with E-state index in [1.54, 1.807) is 6.92 Å². The molecule has 0 radical (unpaired) electrons. The second kappa shape index (κ2) is 8.98. The predicted molar refractivity (Wildman–Crippen MR) is 135 cm³/mol. The van der Waals surface area contributed by atoms with Crippen LogP contribution in [0.2, 0.25) is 5.02 Å². The van der Waals surface area contributed by atoms with E-state index < -0.39 is 0 Å². The summed E-state index contributed by atoms with van der Waals surface area (Å²) in [5.74, 6) is 1.69. The van der Waals surface area contributed by atoms with E-state index in [-0.39, 0.29) is 23.9 Å². The van der Waals surface area contributed by atoms with E-state index in [0.717, 1.165) is 35.6 Å². The molecule has 1 amide bonds. The van der Waals surface area contributed by atoms with E-state index in [2.05, 4.69) is 15.9 Å². The van der Waals surface area contributed by atoms with E-state index in [4.69, 9.17) is 21.6 Å². The van der Waals surface area contributed by atoms with Crippen LogP contribution in [0.5, 0.6) is 5.88 Å². The third kappa shape index (κ3) is 4.04. The standard InChI is InChI=1S/C25H31ClN6O2/c1-16(2)32-15-20-22(24(32)34)27-25(30-12-10-29(11-13-30)17(3)33)28-23(20)31-9-5-8-21(31)18-6-4-7-19(26)14-18/h4,6-7,14-16,21,34H,5,8-13H2,1-3H3. The molecule has 2 aromatic heterocycles. The van der Waals surface area contributed by atoms with Crippen molar-refractivity contribution in [2.45, 2.75) is 45.7 Å². The van der Waals surface area contributed by atoms with Gasteiger partial charge in [0.15, 0.2) is 0 Å². The average molecular weight is 483 g/mol. The molecule has 0 saturated carbocycles. The first-order valence-electron chi connectivity index (χ1n) is 12.0. The zero-order valence-corrected chi connectivity index (χ0v) is 20.7. The van der Waals surface area contributed by atoms with Gasteiger partial charge in [-0.3, -0.25) is 4.79 Å². The molecule has 180 valence electrons. The molecular weight excluding hydrogens is 452 g/mol. The maximum absolute atomic E-state index is 11.8. The smallest absolute Gasteiger partial charge is 0.228 e. The number of fused-ring (bicyclic) bond motifs is 1. The number of carbonyl (C=O) groups is 1. The van der Waals surface area contributed by atoms with Gasteiger partial charge in [-0.1, -0.05) is 23.7 Å². The van der Waals surface area contributed by atoms with E-state index in [1.807, 2.05) is 47.7 Å². The number of anilines is 2. The summed E-state index contributed by atoms with van der Waals surface area (Å²) in [5.41, 5.74) is 1.74. The lowest BCUT2D eigenvalue weighted by molar-refractivity contribution is -0.129. The van der Waals surface area contributed by atoms with Crippen LogP contribution < -0.4 is 9.80 Å². The van der Waals surface area contributed by atoms with Crippen molar-refractivity contribution in [1.29, 1.82) is 0 Å². The maximum Gasteiger partial charge on any atom is 0.228 e. The summed E-state index contributed by atoms with van der Waals surface area (Å²) >= 11 is 6.32. The highest BCUT2D eigenvalue weighted by Gasteiger charge is 2.32. The monoisotopic (exact) mass is 482 g/mol. The normalized spacial score (nSPS) is 19.0. The molecule has 5 rings (SSSR count). The number of aromatic hydroxyl groups is 1. The zero-order chi connectivity index (χ0) is 24.0. The van der Waals surface area contributed by atoms with Crippen molar-refractivity contribution in [3.05, 3.63) is 41.0 Å². The second-order valence-electron chi connectivity index (χ2n) is 9.46. The molecule has 2 aliphatic rings. The molecule has 9 heteroatoms. The highest BCUT2D eigenvalue weighted by atomic mass is 35.5. The van der Waals surface area contributed by atoms with Crippen LogP contribution in [0.4, 0.5) is 11.8 Å². The molecule has 0 spiro atoms. The van der Waals surface area contributed by atoms with Gasteiger partial charge in [0.25, 0.3) is 0 Å². The lowest BCUT2D eigenvalue weighted by Gasteiger charge is -2.35. The molecule has 1 unspecified atom stereocenters. The number of hydrogen-bond donors (Lipinski definition) is 1. The Hall–Kier alpha value is -3.00. The van der Waals surface area contributed by atoms with Crippen LogP contribution in [0.25, 0.3) is 10.9 Å². The van der Waals surface area contributed by atoms with Gasteiger partial charge in [0, 0.05) is 56.9 Å². The summed E-state index contributed by atoms with van der Waals surface area (Å²) in [5, 5.41) is 12.6. The Morgan fingerprint density at radius 3 is 2.59 bits per heavy atom. The Balaban J connectivity index is 1.60. The highest BCUT2D eigenvalue weighted by molar-refractivity contribution is 6.30. The van der Waals surface area contributed by atoms with Crippen LogP contribution in [0.3, 0.4) is 0 Å². The molecule has 8 nitrogen and oxygen atoms in total. The van der Waals surface area contributed by atoms with E-state index in [1.165, 1.54) is 5.56 Å². The molecule has 0 bridgehead atoms. The Bertz CT molecular complexity index is 1220. The molecule has 0 aliphatic carbocycles. The van der Waals surface area contributed by atoms with Gasteiger partial charge in [0.05, 0.1) is 11.4 Å². The van der Waals surface area contributed by atoms with Crippen LogP contribution in [0.15, 0.2) is 30.5 Å². The maximum atomic E-state index is 11.8. The van der Waals surface area contributed by atoms with Gasteiger partial charge in [-0.15, -0.1) is 0 Å². The van der Waals surface area contributed by atoms with E-state index >= 15 is 0 Å². The summed E-state index contributed by atoms with van der Waals surface area (Å²) in [6.45, 7) is 9.15. The highest BCUT2D eigenvalue weighted by Crippen LogP contribution is 2.42. The number of piperazine rings is 1. The van der Waals surface area contributed by atoms with Crippen LogP contribution >= 0.6 is 11.6 Å². The third-order valence-corrected chi connectivity index (χ3v) is 7.20. The van der Waals surface area contributed by atoms with Crippen LogP contribution in [0.1, 0.15) is 51.3 Å². The Kier molecular flexibility index (Phi) is 6.02. The van der Waals surface area contributed by atoms with Crippen LogP contribution in [-0.4, -0.2) is 63.2 Å². The summed E-state index contributed by atoms with van der Waals surface area (Å²) in [7, 11) is 0. The Labute approximate surface area is 204 Å². The van der Waals surface area contributed by atoms with E-state index in [9.17, 15) is 9.90 Å². The zero-order valence-electron chi connectivity index (χ0n) is 19.9. The number of halogens is 1. The number of amides is 1. The van der Waals surface area contributed by atoms with Crippen molar-refractivity contribution >= 4 is 40.2 Å². The molecule has 1 atom stereocenters. The number of carbonyl (C=O) groups excluding carboxylic acids is 1. The van der Waals surface area contributed by atoms with Crippen LogP contribution in [0, 0.1) is 0 Å². The molecule has 3 aromatic rings. The first-order valence-corrected chi connectivity index (χ1v) is 12.4. The minimum absolute atomic E-state index is 0.0878. The first-order chi connectivity index (χ1) is 16.3. The summed E-state index contributed by atoms with van der Waals surface area (Å²) in [6.07, 6.45) is 4.02. The minimum atomic E-state index is 0.0878. The fourth-order valence-corrected chi connectivity index (χ4v) is 5.31. The third-order valence-electron chi connectivity index (χ3n) is 6.96. The van der Waals surface area contributed by atoms with Gasteiger partial charge < -0.3 is 24.4 Å². The lowest BCUT2D eigenvalue weighted by atomic mass is 10.0. The van der Waals surface area contributed by atoms with Crippen molar-refractivity contribution < 1.29 is 9.90 Å². The van der Waals surface area contributed by atoms with Gasteiger partial charge in [-0.25, -0.2) is 4.98 Å². The molecule has 2 saturated heterocycles. The first kappa shape index (κ1) is 22.8. The predicted octanol–water partition coefficient (Wildman–Crippen LogP) is 4.38. The van der Waals surface area contributed by atoms with Crippen molar-refractivity contribution in [2.24, 2.45) is 0 Å². The molecule has 1 N–H and O–H groups in total. The Morgan fingerprint density at radius 1 is 1.15 bits per heavy atom. The molecule has 4 heterocycles. The molecular formula is C25H31ClN6O2. The van der Waals surface area contributed by atoms with Crippen LogP contribution in [-0.2, 0) is 4.79 Å². The fraction of sp³-hybridized carbons (Fsp3) is 0.480. The van der Waals surface area contributed by atoms with Gasteiger partial charge >= 0.3 is 0 Å². The second-order valence-corrected chi connectivity index (χ2v) is 9.90. The van der Waals surface area contributed by atoms with Crippen molar-refractivity contribution in [2.75, 3.05) is 42.5 Å². The average Bonchev–Trinajstić information content (AvgIpc) is 3.44. The number of nitrogens with zero attached hydrogens (tertiary/aromatic N) is 6. The summed E-state index contributed by atoms with van der Waals surface area (Å²) < 4.78 is 1.85. The molecule has 34 heavy (non-hydrogen) atoms. The van der Waals surface area contributed by atoms with E-state index in [0.29, 0.717) is 37.6 Å². The Morgan fingerprint density at radius 2 is 1.91 bits per heavy atom. The lowest BCUT2D eigenvalue weighted by Crippen LogP contribution is -2.48. The minimum Gasteiger partial charge on any atom is -0.493 e. The topological polar surface area (TPSA) is 77.7 Å². The largest absolute Gasteiger partial charge is 0.493 e. The quantitative estimate of drug-likeness (QED) is 0.594. The SMILES string of the molecule is CC(=O)N1CCN(c2nc(N3CCCC3c3cccc(Cl)c3)c3cn(C(C)C)c(O)c3n2)CC1. The van der Waals surface area contributed by atoms with Gasteiger partial charge in [-0.2, -0.15) is 4.98 Å².